The van der Waals surface area contributed by atoms with Crippen LogP contribution in [-0.4, -0.2) is 35.6 Å². The maximum absolute atomic E-state index is 13.4. The molecule has 0 saturated carbocycles. The molecule has 6 nitrogen and oxygen atoms in total. The van der Waals surface area contributed by atoms with Gasteiger partial charge in [0, 0.05) is 22.4 Å². The normalized spacial score (nSPS) is 12.8. The summed E-state index contributed by atoms with van der Waals surface area (Å²) in [4.78, 5) is 37.8. The lowest BCUT2D eigenvalue weighted by atomic mass is 9.96. The Morgan fingerprint density at radius 3 is 2.08 bits per heavy atom. The van der Waals surface area contributed by atoms with Crippen LogP contribution in [0.5, 0.6) is 0 Å². The second kappa shape index (κ2) is 11.0. The fourth-order valence-electron chi connectivity index (χ4n) is 4.87. The highest BCUT2D eigenvalue weighted by atomic mass is 79.9. The third-order valence-electron chi connectivity index (χ3n) is 6.69. The molecule has 4 aromatic rings. The van der Waals surface area contributed by atoms with Crippen molar-refractivity contribution in [2.45, 2.75) is 18.4 Å². The number of carboxylic acid groups (broad SMARTS) is 1. The summed E-state index contributed by atoms with van der Waals surface area (Å²) in [6, 6.07) is 28.4. The van der Waals surface area contributed by atoms with Gasteiger partial charge in [0.25, 0.3) is 0 Å². The number of hydrogen-bond acceptors (Lipinski definition) is 4. The van der Waals surface area contributed by atoms with Gasteiger partial charge in [-0.05, 0) is 52.1 Å². The van der Waals surface area contributed by atoms with Crippen molar-refractivity contribution in [3.8, 4) is 11.1 Å². The zero-order valence-electron chi connectivity index (χ0n) is 20.3. The summed E-state index contributed by atoms with van der Waals surface area (Å²) >= 11 is 3.37. The van der Waals surface area contributed by atoms with Crippen molar-refractivity contribution in [2.24, 2.45) is 0 Å². The first-order valence-electron chi connectivity index (χ1n) is 12.1. The molecule has 0 fully saturated rings. The van der Waals surface area contributed by atoms with Crippen LogP contribution in [0.2, 0.25) is 0 Å². The Balaban J connectivity index is 1.34. The van der Waals surface area contributed by atoms with Crippen LogP contribution in [0, 0.1) is 0 Å². The van der Waals surface area contributed by atoms with Crippen LogP contribution in [0.25, 0.3) is 11.1 Å². The minimum atomic E-state index is -1.06. The van der Waals surface area contributed by atoms with Gasteiger partial charge in [-0.2, -0.15) is 0 Å². The number of carboxylic acids is 1. The first-order chi connectivity index (χ1) is 18.4. The average molecular weight is 570 g/mol. The number of alkyl carbamates (subject to hydrolysis) is 1. The first kappa shape index (κ1) is 25.4. The molecule has 190 valence electrons. The SMILES string of the molecule is O=C(NC(Cc1cccc(C(=O)O)c1)C(=O)c1ccc(Br)cc1)OCC1c2ccccc2-c2ccccc21. The van der Waals surface area contributed by atoms with Crippen molar-refractivity contribution in [3.63, 3.8) is 0 Å². The molecule has 1 aliphatic rings. The van der Waals surface area contributed by atoms with Gasteiger partial charge in [-0.1, -0.05) is 88.7 Å². The minimum Gasteiger partial charge on any atom is -0.478 e. The molecule has 0 bridgehead atoms. The fraction of sp³-hybridized carbons (Fsp3) is 0.129. The van der Waals surface area contributed by atoms with Gasteiger partial charge >= 0.3 is 12.1 Å². The van der Waals surface area contributed by atoms with Gasteiger partial charge in [-0.15, -0.1) is 0 Å². The number of nitrogens with one attached hydrogen (secondary N) is 1. The van der Waals surface area contributed by atoms with Gasteiger partial charge in [-0.3, -0.25) is 4.79 Å². The molecule has 1 unspecified atom stereocenters. The zero-order chi connectivity index (χ0) is 26.6. The Morgan fingerprint density at radius 2 is 1.45 bits per heavy atom. The lowest BCUT2D eigenvalue weighted by molar-refractivity contribution is 0.0696. The number of aromatic carboxylic acids is 1. The molecule has 7 heteroatoms. The maximum atomic E-state index is 13.4. The van der Waals surface area contributed by atoms with Crippen LogP contribution < -0.4 is 5.32 Å². The van der Waals surface area contributed by atoms with Crippen molar-refractivity contribution in [3.05, 3.63) is 129 Å². The lowest BCUT2D eigenvalue weighted by Crippen LogP contribution is -2.43. The second-order valence-electron chi connectivity index (χ2n) is 9.10. The standard InChI is InChI=1S/C31H24BrNO5/c32-22-14-12-20(13-15-22)29(34)28(17-19-6-5-7-21(16-19)30(35)36)33-31(37)38-18-27-25-10-3-1-8-23(25)24-9-2-4-11-26(24)27/h1-16,27-28H,17-18H2,(H,33,37)(H,35,36). The van der Waals surface area contributed by atoms with Crippen LogP contribution in [-0.2, 0) is 11.2 Å². The van der Waals surface area contributed by atoms with Gasteiger partial charge in [0.1, 0.15) is 6.61 Å². The molecule has 38 heavy (non-hydrogen) atoms. The molecule has 4 aromatic carbocycles. The highest BCUT2D eigenvalue weighted by molar-refractivity contribution is 9.10. The predicted molar refractivity (Wildman–Crippen MR) is 148 cm³/mol. The molecule has 2 N–H and O–H groups in total. The van der Waals surface area contributed by atoms with Gasteiger partial charge < -0.3 is 15.2 Å². The molecular weight excluding hydrogens is 546 g/mol. The van der Waals surface area contributed by atoms with E-state index in [4.69, 9.17) is 4.74 Å². The van der Waals surface area contributed by atoms with Crippen molar-refractivity contribution in [1.29, 1.82) is 0 Å². The first-order valence-corrected chi connectivity index (χ1v) is 12.9. The quantitative estimate of drug-likeness (QED) is 0.237. The van der Waals surface area contributed by atoms with E-state index in [1.807, 2.05) is 36.4 Å². The molecule has 0 aromatic heterocycles. The Bertz CT molecular complexity index is 1470. The van der Waals surface area contributed by atoms with Crippen molar-refractivity contribution < 1.29 is 24.2 Å². The summed E-state index contributed by atoms with van der Waals surface area (Å²) in [7, 11) is 0. The number of Topliss-reactive ketones (excluding diaryl/α,β-unsaturated/α-hetero) is 1. The van der Waals surface area contributed by atoms with E-state index in [0.29, 0.717) is 11.1 Å². The van der Waals surface area contributed by atoms with Crippen LogP contribution in [0.1, 0.15) is 43.3 Å². The van der Waals surface area contributed by atoms with E-state index in [1.54, 1.807) is 36.4 Å². The summed E-state index contributed by atoms with van der Waals surface area (Å²) < 4.78 is 6.49. The number of halogens is 1. The molecule has 0 radical (unpaired) electrons. The maximum Gasteiger partial charge on any atom is 0.407 e. The van der Waals surface area contributed by atoms with Crippen LogP contribution in [0.4, 0.5) is 4.79 Å². The van der Waals surface area contributed by atoms with E-state index in [0.717, 1.165) is 26.7 Å². The number of amides is 1. The second-order valence-corrected chi connectivity index (χ2v) is 10.0. The molecule has 5 rings (SSSR count). The number of carbonyl (C=O) groups excluding carboxylic acids is 2. The predicted octanol–water partition coefficient (Wildman–Crippen LogP) is 6.48. The Kier molecular flexibility index (Phi) is 7.38. The van der Waals surface area contributed by atoms with E-state index < -0.39 is 18.1 Å². The molecule has 1 aliphatic carbocycles. The summed E-state index contributed by atoms with van der Waals surface area (Å²) in [5.41, 5.74) is 5.57. The average Bonchev–Trinajstić information content (AvgIpc) is 3.25. The highest BCUT2D eigenvalue weighted by Gasteiger charge is 2.30. The van der Waals surface area contributed by atoms with E-state index in [-0.39, 0.29) is 30.3 Å². The van der Waals surface area contributed by atoms with Crippen molar-refractivity contribution in [2.75, 3.05) is 6.61 Å². The molecule has 0 heterocycles. The molecular formula is C31H24BrNO5. The number of hydrogen-bond donors (Lipinski definition) is 2. The summed E-state index contributed by atoms with van der Waals surface area (Å²) in [6.07, 6.45) is -0.600. The molecule has 0 saturated heterocycles. The van der Waals surface area contributed by atoms with E-state index >= 15 is 0 Å². The number of fused-ring (bicyclic) bond motifs is 3. The number of benzene rings is 4. The third kappa shape index (κ3) is 5.38. The molecule has 0 aliphatic heterocycles. The number of ketones is 1. The minimum absolute atomic E-state index is 0.110. The van der Waals surface area contributed by atoms with E-state index in [9.17, 15) is 19.5 Å². The lowest BCUT2D eigenvalue weighted by Gasteiger charge is -2.20. The summed E-state index contributed by atoms with van der Waals surface area (Å²) in [5, 5.41) is 12.1. The van der Waals surface area contributed by atoms with Crippen molar-refractivity contribution in [1.82, 2.24) is 5.32 Å². The molecule has 0 spiro atoms. The number of rotatable bonds is 8. The van der Waals surface area contributed by atoms with Crippen LogP contribution >= 0.6 is 15.9 Å². The highest BCUT2D eigenvalue weighted by Crippen LogP contribution is 2.44. The molecule has 1 atom stereocenters. The third-order valence-corrected chi connectivity index (χ3v) is 7.22. The Hall–Kier alpha value is -4.23. The van der Waals surface area contributed by atoms with Crippen molar-refractivity contribution >= 4 is 33.8 Å². The summed E-state index contributed by atoms with van der Waals surface area (Å²) in [6.45, 7) is 0.119. The fourth-order valence-corrected chi connectivity index (χ4v) is 5.14. The Morgan fingerprint density at radius 1 is 0.816 bits per heavy atom. The van der Waals surface area contributed by atoms with Gasteiger partial charge in [0.15, 0.2) is 5.78 Å². The zero-order valence-corrected chi connectivity index (χ0v) is 21.9. The number of carbonyl (C=O) groups is 3. The smallest absolute Gasteiger partial charge is 0.407 e. The monoisotopic (exact) mass is 569 g/mol. The Labute approximate surface area is 228 Å². The topological polar surface area (TPSA) is 92.7 Å². The molecule has 1 amide bonds. The van der Waals surface area contributed by atoms with Crippen LogP contribution in [0.3, 0.4) is 0 Å². The van der Waals surface area contributed by atoms with E-state index in [1.165, 1.54) is 12.1 Å². The summed E-state index contributed by atoms with van der Waals surface area (Å²) in [5.74, 6) is -1.47. The van der Waals surface area contributed by atoms with Gasteiger partial charge in [0.05, 0.1) is 11.6 Å². The number of ether oxygens (including phenoxy) is 1. The largest absolute Gasteiger partial charge is 0.478 e. The van der Waals surface area contributed by atoms with Gasteiger partial charge in [0.2, 0.25) is 0 Å². The van der Waals surface area contributed by atoms with Crippen LogP contribution in [0.15, 0.2) is 102 Å². The van der Waals surface area contributed by atoms with Gasteiger partial charge in [-0.25, -0.2) is 9.59 Å². The van der Waals surface area contributed by atoms with E-state index in [2.05, 4.69) is 33.4 Å².